The van der Waals surface area contributed by atoms with Gasteiger partial charge in [0.05, 0.1) is 10.2 Å². The number of hydrogen-bond donors (Lipinski definition) is 1. The second-order valence-corrected chi connectivity index (χ2v) is 5.65. The van der Waals surface area contributed by atoms with E-state index >= 15 is 0 Å². The van der Waals surface area contributed by atoms with Gasteiger partial charge in [0.25, 0.3) is 5.91 Å². The first-order valence-electron chi connectivity index (χ1n) is 6.19. The summed E-state index contributed by atoms with van der Waals surface area (Å²) in [5, 5.41) is 0.549. The van der Waals surface area contributed by atoms with Crippen LogP contribution in [-0.2, 0) is 0 Å². The third-order valence-corrected chi connectivity index (χ3v) is 4.16. The number of benzene rings is 1. The highest BCUT2D eigenvalue weighted by Gasteiger charge is 2.18. The number of carbonyl (C=O) groups is 1. The van der Waals surface area contributed by atoms with Crippen LogP contribution in [-0.4, -0.2) is 28.9 Å². The van der Waals surface area contributed by atoms with E-state index in [4.69, 9.17) is 5.73 Å². The summed E-state index contributed by atoms with van der Waals surface area (Å²) in [7, 11) is 0. The molecule has 0 atom stereocenters. The summed E-state index contributed by atoms with van der Waals surface area (Å²) in [5.41, 5.74) is 7.21. The number of likely N-dealkylation sites (tertiary alicyclic amines) is 1. The number of nitrogens with two attached hydrogens (primary N) is 1. The molecular weight excluding hydrogens is 246 g/mol. The van der Waals surface area contributed by atoms with Gasteiger partial charge in [-0.15, -0.1) is 0 Å². The maximum absolute atomic E-state index is 12.3. The molecule has 3 rings (SSSR count). The number of piperidine rings is 1. The van der Waals surface area contributed by atoms with Crippen molar-refractivity contribution in [2.45, 2.75) is 19.3 Å². The molecule has 1 fully saturated rings. The van der Waals surface area contributed by atoms with Crippen molar-refractivity contribution in [3.8, 4) is 0 Å². The van der Waals surface area contributed by atoms with Gasteiger partial charge in [0.2, 0.25) is 0 Å². The fourth-order valence-corrected chi connectivity index (χ4v) is 3.07. The van der Waals surface area contributed by atoms with Crippen LogP contribution in [0.1, 0.15) is 29.6 Å². The first-order chi connectivity index (χ1) is 8.74. The molecular formula is C13H15N3OS. The molecule has 4 nitrogen and oxygen atoms in total. The highest BCUT2D eigenvalue weighted by molar-refractivity contribution is 7.22. The predicted octanol–water partition coefficient (Wildman–Crippen LogP) is 2.50. The quantitative estimate of drug-likeness (QED) is 0.858. The predicted molar refractivity (Wildman–Crippen MR) is 73.8 cm³/mol. The molecule has 5 heteroatoms. The Bertz CT molecular complexity index is 587. The maximum Gasteiger partial charge on any atom is 0.253 e. The Kier molecular flexibility index (Phi) is 2.91. The molecule has 1 aliphatic heterocycles. The second kappa shape index (κ2) is 4.57. The smallest absolute Gasteiger partial charge is 0.253 e. The molecule has 2 aromatic rings. The van der Waals surface area contributed by atoms with E-state index in [1.54, 1.807) is 0 Å². The van der Waals surface area contributed by atoms with Crippen molar-refractivity contribution in [3.05, 3.63) is 23.8 Å². The fourth-order valence-electron chi connectivity index (χ4n) is 2.36. The van der Waals surface area contributed by atoms with E-state index in [1.165, 1.54) is 17.8 Å². The average Bonchev–Trinajstić information content (AvgIpc) is 2.78. The van der Waals surface area contributed by atoms with Gasteiger partial charge < -0.3 is 10.6 Å². The van der Waals surface area contributed by atoms with Gasteiger partial charge in [-0.3, -0.25) is 4.79 Å². The Morgan fingerprint density at radius 2 is 2.06 bits per heavy atom. The number of aromatic nitrogens is 1. The minimum Gasteiger partial charge on any atom is -0.375 e. The number of anilines is 1. The molecule has 1 aromatic heterocycles. The van der Waals surface area contributed by atoms with Crippen LogP contribution in [0.3, 0.4) is 0 Å². The minimum absolute atomic E-state index is 0.114. The lowest BCUT2D eigenvalue weighted by atomic mass is 10.1. The molecule has 0 aliphatic carbocycles. The van der Waals surface area contributed by atoms with Crippen molar-refractivity contribution in [1.82, 2.24) is 9.88 Å². The lowest BCUT2D eigenvalue weighted by Gasteiger charge is -2.26. The van der Waals surface area contributed by atoms with E-state index in [2.05, 4.69) is 4.98 Å². The number of rotatable bonds is 1. The van der Waals surface area contributed by atoms with Gasteiger partial charge in [-0.05, 0) is 37.5 Å². The van der Waals surface area contributed by atoms with E-state index < -0.39 is 0 Å². The normalized spacial score (nSPS) is 16.1. The van der Waals surface area contributed by atoms with Crippen molar-refractivity contribution in [3.63, 3.8) is 0 Å². The molecule has 1 saturated heterocycles. The number of hydrogen-bond acceptors (Lipinski definition) is 4. The van der Waals surface area contributed by atoms with E-state index in [9.17, 15) is 4.79 Å². The van der Waals surface area contributed by atoms with Gasteiger partial charge >= 0.3 is 0 Å². The molecule has 1 aromatic carbocycles. The van der Waals surface area contributed by atoms with Gasteiger partial charge in [-0.1, -0.05) is 11.3 Å². The molecule has 1 aliphatic rings. The largest absolute Gasteiger partial charge is 0.375 e. The van der Waals surface area contributed by atoms with Crippen LogP contribution in [0.4, 0.5) is 5.13 Å². The molecule has 0 bridgehead atoms. The SMILES string of the molecule is Nc1nc2cc(C(=O)N3CCCCC3)ccc2s1. The van der Waals surface area contributed by atoms with Crippen LogP contribution in [0.2, 0.25) is 0 Å². The number of carbonyl (C=O) groups excluding carboxylic acids is 1. The summed E-state index contributed by atoms with van der Waals surface area (Å²) in [6.07, 6.45) is 3.45. The van der Waals surface area contributed by atoms with Crippen molar-refractivity contribution in [2.24, 2.45) is 0 Å². The molecule has 2 N–H and O–H groups in total. The topological polar surface area (TPSA) is 59.2 Å². The van der Waals surface area contributed by atoms with Gasteiger partial charge in [0.15, 0.2) is 5.13 Å². The van der Waals surface area contributed by atoms with Crippen LogP contribution < -0.4 is 5.73 Å². The number of thiazole rings is 1. The third kappa shape index (κ3) is 2.06. The van der Waals surface area contributed by atoms with Crippen LogP contribution in [0.25, 0.3) is 10.2 Å². The van der Waals surface area contributed by atoms with E-state index in [0.717, 1.165) is 41.7 Å². The first-order valence-corrected chi connectivity index (χ1v) is 7.01. The van der Waals surface area contributed by atoms with Crippen LogP contribution in [0, 0.1) is 0 Å². The van der Waals surface area contributed by atoms with Crippen LogP contribution in [0.15, 0.2) is 18.2 Å². The summed E-state index contributed by atoms with van der Waals surface area (Å²) >= 11 is 1.45. The van der Waals surface area contributed by atoms with Crippen molar-refractivity contribution < 1.29 is 4.79 Å². The summed E-state index contributed by atoms with van der Waals surface area (Å²) in [6, 6.07) is 5.65. The fraction of sp³-hybridized carbons (Fsp3) is 0.385. The summed E-state index contributed by atoms with van der Waals surface area (Å²) in [4.78, 5) is 18.5. The van der Waals surface area contributed by atoms with Crippen LogP contribution in [0.5, 0.6) is 0 Å². The Hall–Kier alpha value is -1.62. The Balaban J connectivity index is 1.90. The second-order valence-electron chi connectivity index (χ2n) is 4.59. The first kappa shape index (κ1) is 11.5. The number of nitrogens with zero attached hydrogens (tertiary/aromatic N) is 2. The summed E-state index contributed by atoms with van der Waals surface area (Å²) < 4.78 is 1.03. The molecule has 94 valence electrons. The van der Waals surface area contributed by atoms with Gasteiger partial charge in [-0.25, -0.2) is 4.98 Å². The molecule has 0 spiro atoms. The Morgan fingerprint density at radius 3 is 2.83 bits per heavy atom. The summed E-state index contributed by atoms with van der Waals surface area (Å²) in [5.74, 6) is 0.114. The number of amides is 1. The molecule has 18 heavy (non-hydrogen) atoms. The van der Waals surface area contributed by atoms with Crippen molar-refractivity contribution in [1.29, 1.82) is 0 Å². The van der Waals surface area contributed by atoms with Gasteiger partial charge in [0.1, 0.15) is 0 Å². The lowest BCUT2D eigenvalue weighted by molar-refractivity contribution is 0.0724. The zero-order valence-electron chi connectivity index (χ0n) is 10.1. The zero-order valence-corrected chi connectivity index (χ0v) is 10.9. The Labute approximate surface area is 109 Å². The van der Waals surface area contributed by atoms with E-state index in [-0.39, 0.29) is 5.91 Å². The highest BCUT2D eigenvalue weighted by atomic mass is 32.1. The molecule has 2 heterocycles. The summed E-state index contributed by atoms with van der Waals surface area (Å²) in [6.45, 7) is 1.74. The lowest BCUT2D eigenvalue weighted by Crippen LogP contribution is -2.35. The van der Waals surface area contributed by atoms with Gasteiger partial charge in [-0.2, -0.15) is 0 Å². The van der Waals surface area contributed by atoms with Crippen molar-refractivity contribution >= 4 is 32.6 Å². The number of fused-ring (bicyclic) bond motifs is 1. The average molecular weight is 261 g/mol. The highest BCUT2D eigenvalue weighted by Crippen LogP contribution is 2.25. The van der Waals surface area contributed by atoms with Crippen molar-refractivity contribution in [2.75, 3.05) is 18.8 Å². The molecule has 0 saturated carbocycles. The molecule has 0 radical (unpaired) electrons. The minimum atomic E-state index is 0.114. The third-order valence-electron chi connectivity index (χ3n) is 3.29. The monoisotopic (exact) mass is 261 g/mol. The van der Waals surface area contributed by atoms with E-state index in [1.807, 2.05) is 23.1 Å². The zero-order chi connectivity index (χ0) is 12.5. The van der Waals surface area contributed by atoms with E-state index in [0.29, 0.717) is 5.13 Å². The standard InChI is InChI=1S/C13H15N3OS/c14-13-15-10-8-9(4-5-11(10)18-13)12(17)16-6-2-1-3-7-16/h4-5,8H,1-3,6-7H2,(H2,14,15). The van der Waals surface area contributed by atoms with Crippen LogP contribution >= 0.6 is 11.3 Å². The molecule has 0 unspecified atom stereocenters. The van der Waals surface area contributed by atoms with Gasteiger partial charge in [0, 0.05) is 18.7 Å². The molecule has 1 amide bonds. The number of nitrogen functional groups attached to an aromatic ring is 1. The Morgan fingerprint density at radius 1 is 1.28 bits per heavy atom. The maximum atomic E-state index is 12.3.